The van der Waals surface area contributed by atoms with Gasteiger partial charge < -0.3 is 10.3 Å². The van der Waals surface area contributed by atoms with Gasteiger partial charge in [-0.3, -0.25) is 19.9 Å². The number of aryl methyl sites for hydroxylation is 1. The summed E-state index contributed by atoms with van der Waals surface area (Å²) in [5.41, 5.74) is 9.87. The minimum Gasteiger partial charge on any atom is -0.335 e. The number of nitrogens with zero attached hydrogens (tertiary/aromatic N) is 5. The maximum atomic E-state index is 12.6. The Hall–Kier alpha value is -5.70. The molecule has 0 bridgehead atoms. The second kappa shape index (κ2) is 10.1. The first-order valence-electron chi connectivity index (χ1n) is 13.2. The molecule has 9 nitrogen and oxygen atoms in total. The Bertz CT molecular complexity index is 2040. The van der Waals surface area contributed by atoms with E-state index in [4.69, 9.17) is 9.97 Å². The maximum absolute atomic E-state index is 12.6. The molecule has 0 aliphatic rings. The number of carbonyl (C=O) groups is 1. The van der Waals surface area contributed by atoms with E-state index < -0.39 is 0 Å². The fraction of sp³-hybridized carbons (Fsp3) is 0.0625. The lowest BCUT2D eigenvalue weighted by molar-refractivity contribution is -0.115. The van der Waals surface area contributed by atoms with Crippen LogP contribution in [0.4, 0.5) is 5.69 Å². The number of fused-ring (bicyclic) bond motifs is 2. The lowest BCUT2D eigenvalue weighted by atomic mass is 10.0. The van der Waals surface area contributed by atoms with Gasteiger partial charge in [0.15, 0.2) is 11.5 Å². The Morgan fingerprint density at radius 3 is 2.56 bits per heavy atom. The van der Waals surface area contributed by atoms with Crippen molar-refractivity contribution >= 4 is 33.7 Å². The molecule has 0 aliphatic carbocycles. The van der Waals surface area contributed by atoms with Crippen LogP contribution in [0.25, 0.3) is 56.0 Å². The molecule has 0 unspecified atom stereocenters. The minimum atomic E-state index is -0.111. The molecule has 0 spiro atoms. The summed E-state index contributed by atoms with van der Waals surface area (Å²) in [4.78, 5) is 34.6. The number of amides is 1. The third-order valence-corrected chi connectivity index (χ3v) is 6.88. The summed E-state index contributed by atoms with van der Waals surface area (Å²) < 4.78 is 0. The number of hydrogen-bond acceptors (Lipinski definition) is 6. The van der Waals surface area contributed by atoms with E-state index in [2.05, 4.69) is 55.6 Å². The number of anilines is 1. The van der Waals surface area contributed by atoms with E-state index in [-0.39, 0.29) is 12.3 Å². The van der Waals surface area contributed by atoms with Gasteiger partial charge in [0.25, 0.3) is 0 Å². The second-order valence-corrected chi connectivity index (χ2v) is 9.88. The van der Waals surface area contributed by atoms with E-state index in [1.165, 1.54) is 5.56 Å². The number of hydrogen-bond donors (Lipinski definition) is 3. The lowest BCUT2D eigenvalue weighted by Crippen LogP contribution is -2.14. The molecule has 2 aromatic carbocycles. The summed E-state index contributed by atoms with van der Waals surface area (Å²) in [5.74, 6) is 0.484. The molecule has 41 heavy (non-hydrogen) atoms. The Balaban J connectivity index is 1.21. The second-order valence-electron chi connectivity index (χ2n) is 9.88. The third kappa shape index (κ3) is 4.80. The number of carbonyl (C=O) groups excluding carboxylic acids is 1. The first kappa shape index (κ1) is 24.3. The quantitative estimate of drug-likeness (QED) is 0.235. The Morgan fingerprint density at radius 1 is 0.805 bits per heavy atom. The van der Waals surface area contributed by atoms with Gasteiger partial charge in [-0.05, 0) is 36.2 Å². The number of nitrogens with one attached hydrogen (secondary N) is 3. The summed E-state index contributed by atoms with van der Waals surface area (Å²) in [5, 5.41) is 10.5. The summed E-state index contributed by atoms with van der Waals surface area (Å²) in [6, 6.07) is 23.6. The predicted octanol–water partition coefficient (Wildman–Crippen LogP) is 6.11. The molecule has 0 aliphatic heterocycles. The van der Waals surface area contributed by atoms with Crippen LogP contribution < -0.4 is 5.32 Å². The highest BCUT2D eigenvalue weighted by Crippen LogP contribution is 2.31. The first-order chi connectivity index (χ1) is 20.1. The molecular weight excluding hydrogens is 512 g/mol. The van der Waals surface area contributed by atoms with E-state index in [0.29, 0.717) is 28.4 Å². The molecule has 5 heterocycles. The van der Waals surface area contributed by atoms with E-state index in [9.17, 15) is 4.79 Å². The molecular formula is C32H24N8O. The summed E-state index contributed by atoms with van der Waals surface area (Å²) in [7, 11) is 0. The highest BCUT2D eigenvalue weighted by molar-refractivity contribution is 5.96. The highest BCUT2D eigenvalue weighted by atomic mass is 16.1. The van der Waals surface area contributed by atoms with Gasteiger partial charge in [-0.25, -0.2) is 9.97 Å². The van der Waals surface area contributed by atoms with Crippen molar-refractivity contribution < 1.29 is 4.79 Å². The Kier molecular flexibility index (Phi) is 6.01. The van der Waals surface area contributed by atoms with Crippen LogP contribution in [0.5, 0.6) is 0 Å². The predicted molar refractivity (Wildman–Crippen MR) is 159 cm³/mol. The standard InChI is InChI=1S/C32H24N8O/c1-19-6-5-9-21(12-19)24-17-34-18-27-29(24)38-32(37-27)31-30-26(39-40-31)11-10-25(36-30)22-14-23(16-33-15-22)35-28(41)13-20-7-3-2-4-8-20/h2-12,14-18H,13H2,1H3,(H,35,41)(H,37,38)(H,39,40). The highest BCUT2D eigenvalue weighted by Gasteiger charge is 2.17. The largest absolute Gasteiger partial charge is 0.335 e. The van der Waals surface area contributed by atoms with Crippen molar-refractivity contribution in [3.63, 3.8) is 0 Å². The van der Waals surface area contributed by atoms with Crippen molar-refractivity contribution in [2.75, 3.05) is 5.32 Å². The van der Waals surface area contributed by atoms with E-state index >= 15 is 0 Å². The fourth-order valence-corrected chi connectivity index (χ4v) is 4.93. The van der Waals surface area contributed by atoms with Crippen LogP contribution in [0.2, 0.25) is 0 Å². The van der Waals surface area contributed by atoms with Crippen LogP contribution in [0.15, 0.2) is 97.6 Å². The van der Waals surface area contributed by atoms with Crippen LogP contribution in [0.1, 0.15) is 11.1 Å². The van der Waals surface area contributed by atoms with Crippen LogP contribution in [-0.2, 0) is 11.2 Å². The van der Waals surface area contributed by atoms with Gasteiger partial charge in [0.2, 0.25) is 5.91 Å². The molecule has 7 rings (SSSR count). The van der Waals surface area contributed by atoms with Gasteiger partial charge in [-0.1, -0.05) is 60.2 Å². The number of rotatable bonds is 6. The topological polar surface area (TPSA) is 125 Å². The Labute approximate surface area is 234 Å². The van der Waals surface area contributed by atoms with Crippen molar-refractivity contribution in [3.8, 4) is 33.9 Å². The van der Waals surface area contributed by atoms with Crippen molar-refractivity contribution in [2.45, 2.75) is 13.3 Å². The van der Waals surface area contributed by atoms with E-state index in [0.717, 1.165) is 38.8 Å². The SMILES string of the molecule is Cc1cccc(-c2cncc3[nH]c(-c4n[nH]c5ccc(-c6cncc(NC(=O)Cc7ccccc7)c6)nc45)nc23)c1. The molecule has 198 valence electrons. The molecule has 0 saturated carbocycles. The zero-order valence-corrected chi connectivity index (χ0v) is 22.1. The molecule has 3 N–H and O–H groups in total. The Morgan fingerprint density at radius 2 is 1.68 bits per heavy atom. The van der Waals surface area contributed by atoms with Crippen LogP contribution in [0.3, 0.4) is 0 Å². The van der Waals surface area contributed by atoms with Crippen molar-refractivity contribution in [1.29, 1.82) is 0 Å². The van der Waals surface area contributed by atoms with Gasteiger partial charge in [0.05, 0.1) is 46.7 Å². The lowest BCUT2D eigenvalue weighted by Gasteiger charge is -2.07. The normalized spacial score (nSPS) is 11.2. The molecule has 0 saturated heterocycles. The zero-order chi connectivity index (χ0) is 27.8. The number of pyridine rings is 3. The number of benzene rings is 2. The average molecular weight is 537 g/mol. The van der Waals surface area contributed by atoms with Gasteiger partial charge in [0.1, 0.15) is 5.52 Å². The number of imidazole rings is 1. The molecule has 7 aromatic rings. The molecule has 0 atom stereocenters. The monoisotopic (exact) mass is 536 g/mol. The first-order valence-corrected chi connectivity index (χ1v) is 13.2. The maximum Gasteiger partial charge on any atom is 0.228 e. The van der Waals surface area contributed by atoms with Crippen molar-refractivity contribution in [2.24, 2.45) is 0 Å². The average Bonchev–Trinajstić information content (AvgIpc) is 3.61. The third-order valence-electron chi connectivity index (χ3n) is 6.88. The minimum absolute atomic E-state index is 0.111. The van der Waals surface area contributed by atoms with Crippen molar-refractivity contribution in [1.82, 2.24) is 35.1 Å². The number of aromatic amines is 2. The van der Waals surface area contributed by atoms with Gasteiger partial charge in [0, 0.05) is 23.5 Å². The number of H-pyrrole nitrogens is 2. The zero-order valence-electron chi connectivity index (χ0n) is 22.1. The molecule has 0 fully saturated rings. The summed E-state index contributed by atoms with van der Waals surface area (Å²) >= 11 is 0. The molecule has 5 aromatic heterocycles. The van der Waals surface area contributed by atoms with Crippen LogP contribution in [-0.4, -0.2) is 41.0 Å². The molecule has 9 heteroatoms. The summed E-state index contributed by atoms with van der Waals surface area (Å²) in [6.07, 6.45) is 7.23. The van der Waals surface area contributed by atoms with Crippen LogP contribution >= 0.6 is 0 Å². The van der Waals surface area contributed by atoms with Gasteiger partial charge >= 0.3 is 0 Å². The smallest absolute Gasteiger partial charge is 0.228 e. The fourth-order valence-electron chi connectivity index (χ4n) is 4.93. The summed E-state index contributed by atoms with van der Waals surface area (Å²) in [6.45, 7) is 2.07. The molecule has 0 radical (unpaired) electrons. The van der Waals surface area contributed by atoms with Crippen LogP contribution in [0, 0.1) is 6.92 Å². The van der Waals surface area contributed by atoms with E-state index in [1.54, 1.807) is 18.6 Å². The van der Waals surface area contributed by atoms with Crippen molar-refractivity contribution in [3.05, 3.63) is 109 Å². The van der Waals surface area contributed by atoms with E-state index in [1.807, 2.05) is 60.8 Å². The molecule has 1 amide bonds. The number of aromatic nitrogens is 7. The van der Waals surface area contributed by atoms with Gasteiger partial charge in [-0.2, -0.15) is 5.10 Å². The van der Waals surface area contributed by atoms with Gasteiger partial charge in [-0.15, -0.1) is 0 Å².